The number of halogens is 2. The molecule has 2 N–H and O–H groups in total. The number of phenolic OH excluding ortho intramolecular Hbond substituents is 1. The van der Waals surface area contributed by atoms with E-state index >= 15 is 0 Å². The van der Waals surface area contributed by atoms with Crippen molar-refractivity contribution in [1.82, 2.24) is 9.38 Å². The summed E-state index contributed by atoms with van der Waals surface area (Å²) in [5, 5.41) is 14.5. The van der Waals surface area contributed by atoms with Crippen LogP contribution in [0.4, 0.5) is 5.82 Å². The van der Waals surface area contributed by atoms with Gasteiger partial charge < -0.3 is 15.2 Å². The first kappa shape index (κ1) is 18.5. The number of ether oxygens (including phenoxy) is 1. The third-order valence-electron chi connectivity index (χ3n) is 4.43. The van der Waals surface area contributed by atoms with E-state index in [-0.39, 0.29) is 10.8 Å². The van der Waals surface area contributed by atoms with Gasteiger partial charge in [-0.15, -0.1) is 0 Å². The summed E-state index contributed by atoms with van der Waals surface area (Å²) in [6, 6.07) is 16.7. The third kappa shape index (κ3) is 3.46. The number of rotatable bonds is 5. The maximum atomic E-state index is 10.5. The number of fused-ring (bicyclic) bond motifs is 1. The predicted octanol–water partition coefficient (Wildman–Crippen LogP) is 5.63. The molecule has 5 nitrogen and oxygen atoms in total. The van der Waals surface area contributed by atoms with Gasteiger partial charge in [-0.25, -0.2) is 4.98 Å². The Balaban J connectivity index is 1.77. The van der Waals surface area contributed by atoms with E-state index in [0.29, 0.717) is 22.8 Å². The number of nitrogens with one attached hydrogen (secondary N) is 1. The van der Waals surface area contributed by atoms with Gasteiger partial charge in [-0.1, -0.05) is 41.4 Å². The molecule has 0 radical (unpaired) electrons. The average molecular weight is 414 g/mol. The first-order valence-electron chi connectivity index (χ1n) is 8.59. The smallest absolute Gasteiger partial charge is 0.143 e. The van der Waals surface area contributed by atoms with E-state index in [1.165, 1.54) is 6.07 Å². The van der Waals surface area contributed by atoms with Crippen LogP contribution in [0.15, 0.2) is 60.8 Å². The van der Waals surface area contributed by atoms with E-state index in [1.807, 2.05) is 53.1 Å². The SMILES string of the molecule is COc1ccc(CNc2c(-c3cc(Cl)cc(Cl)c3O)nc3ccccn23)cc1. The summed E-state index contributed by atoms with van der Waals surface area (Å²) in [4.78, 5) is 4.67. The van der Waals surface area contributed by atoms with Gasteiger partial charge in [0.25, 0.3) is 0 Å². The molecule has 0 fully saturated rings. The minimum atomic E-state index is -0.0537. The molecule has 4 aromatic rings. The third-order valence-corrected chi connectivity index (χ3v) is 4.94. The van der Waals surface area contributed by atoms with Gasteiger partial charge in [-0.2, -0.15) is 0 Å². The quantitative estimate of drug-likeness (QED) is 0.444. The first-order chi connectivity index (χ1) is 13.6. The van der Waals surface area contributed by atoms with Crippen LogP contribution >= 0.6 is 23.2 Å². The number of benzene rings is 2. The van der Waals surface area contributed by atoms with E-state index in [1.54, 1.807) is 13.2 Å². The minimum absolute atomic E-state index is 0.0537. The summed E-state index contributed by atoms with van der Waals surface area (Å²) >= 11 is 12.3. The van der Waals surface area contributed by atoms with E-state index in [9.17, 15) is 5.11 Å². The average Bonchev–Trinajstić information content (AvgIpc) is 3.08. The van der Waals surface area contributed by atoms with Crippen LogP contribution in [0.1, 0.15) is 5.56 Å². The second-order valence-corrected chi connectivity index (χ2v) is 7.07. The van der Waals surface area contributed by atoms with Crippen molar-refractivity contribution in [3.63, 3.8) is 0 Å². The Labute approximate surface area is 172 Å². The van der Waals surface area contributed by atoms with Gasteiger partial charge in [0.1, 0.15) is 28.7 Å². The molecule has 0 atom stereocenters. The zero-order chi connectivity index (χ0) is 19.7. The van der Waals surface area contributed by atoms with Gasteiger partial charge in [0, 0.05) is 23.3 Å². The van der Waals surface area contributed by atoms with Crippen LogP contribution in [0, 0.1) is 0 Å². The molecule has 0 amide bonds. The normalized spacial score (nSPS) is 11.0. The molecule has 0 saturated carbocycles. The molecular formula is C21H17Cl2N3O2. The second kappa shape index (κ2) is 7.62. The molecule has 0 aliphatic heterocycles. The van der Waals surface area contributed by atoms with Crippen molar-refractivity contribution in [3.05, 3.63) is 76.4 Å². The zero-order valence-electron chi connectivity index (χ0n) is 15.0. The summed E-state index contributed by atoms with van der Waals surface area (Å²) in [5.41, 5.74) is 2.86. The van der Waals surface area contributed by atoms with E-state index in [2.05, 4.69) is 10.3 Å². The van der Waals surface area contributed by atoms with Crippen molar-refractivity contribution in [3.8, 4) is 22.8 Å². The second-order valence-electron chi connectivity index (χ2n) is 6.22. The number of nitrogens with zero attached hydrogens (tertiary/aromatic N) is 2. The summed E-state index contributed by atoms with van der Waals surface area (Å²) in [6.45, 7) is 0.564. The lowest BCUT2D eigenvalue weighted by Gasteiger charge is -2.11. The standard InChI is InChI=1S/C21H17Cl2N3O2/c1-28-15-7-5-13(6-8-15)12-24-21-19(25-18-4-2-3-9-26(18)21)16-10-14(22)11-17(23)20(16)27/h2-11,24,27H,12H2,1H3. The van der Waals surface area contributed by atoms with Crippen molar-refractivity contribution >= 4 is 34.7 Å². The van der Waals surface area contributed by atoms with Gasteiger partial charge in [0.2, 0.25) is 0 Å². The molecule has 7 heteroatoms. The zero-order valence-corrected chi connectivity index (χ0v) is 16.5. The fraction of sp³-hybridized carbons (Fsp3) is 0.0952. The highest BCUT2D eigenvalue weighted by Gasteiger charge is 2.19. The van der Waals surface area contributed by atoms with Crippen LogP contribution in [0.5, 0.6) is 11.5 Å². The number of imidazole rings is 1. The Morgan fingerprint density at radius 2 is 1.89 bits per heavy atom. The maximum absolute atomic E-state index is 10.5. The summed E-state index contributed by atoms with van der Waals surface area (Å²) in [5.74, 6) is 1.49. The summed E-state index contributed by atoms with van der Waals surface area (Å²) in [6.07, 6.45) is 1.91. The van der Waals surface area contributed by atoms with Crippen molar-refractivity contribution in [2.75, 3.05) is 12.4 Å². The lowest BCUT2D eigenvalue weighted by Crippen LogP contribution is -2.03. The molecule has 142 valence electrons. The highest BCUT2D eigenvalue weighted by atomic mass is 35.5. The summed E-state index contributed by atoms with van der Waals surface area (Å²) < 4.78 is 7.13. The van der Waals surface area contributed by atoms with E-state index < -0.39 is 0 Å². The van der Waals surface area contributed by atoms with Crippen LogP contribution in [-0.2, 0) is 6.54 Å². The van der Waals surface area contributed by atoms with Gasteiger partial charge >= 0.3 is 0 Å². The molecule has 0 saturated heterocycles. The molecule has 0 spiro atoms. The first-order valence-corrected chi connectivity index (χ1v) is 9.34. The Bertz CT molecular complexity index is 1140. The molecule has 2 heterocycles. The number of anilines is 1. The lowest BCUT2D eigenvalue weighted by molar-refractivity contribution is 0.414. The fourth-order valence-electron chi connectivity index (χ4n) is 3.03. The Hall–Kier alpha value is -2.89. The van der Waals surface area contributed by atoms with Crippen LogP contribution in [0.3, 0.4) is 0 Å². The molecule has 2 aromatic heterocycles. The Morgan fingerprint density at radius 3 is 2.64 bits per heavy atom. The van der Waals surface area contributed by atoms with Crippen molar-refractivity contribution in [2.24, 2.45) is 0 Å². The number of phenols is 1. The van der Waals surface area contributed by atoms with Gasteiger partial charge in [0.15, 0.2) is 0 Å². The number of hydrogen-bond donors (Lipinski definition) is 2. The van der Waals surface area contributed by atoms with E-state index in [0.717, 1.165) is 22.8 Å². The fourth-order valence-corrected chi connectivity index (χ4v) is 3.52. The molecule has 4 rings (SSSR count). The molecular weight excluding hydrogens is 397 g/mol. The molecule has 0 aliphatic carbocycles. The van der Waals surface area contributed by atoms with Crippen molar-refractivity contribution in [1.29, 1.82) is 0 Å². The Morgan fingerprint density at radius 1 is 1.11 bits per heavy atom. The van der Waals surface area contributed by atoms with Gasteiger partial charge in [-0.3, -0.25) is 4.40 Å². The minimum Gasteiger partial charge on any atom is -0.506 e. The van der Waals surface area contributed by atoms with Gasteiger partial charge in [-0.05, 0) is 42.0 Å². The predicted molar refractivity (Wildman–Crippen MR) is 113 cm³/mol. The highest BCUT2D eigenvalue weighted by molar-refractivity contribution is 6.36. The molecule has 0 unspecified atom stereocenters. The molecule has 2 aromatic carbocycles. The number of aromatic nitrogens is 2. The van der Waals surface area contributed by atoms with Crippen molar-refractivity contribution in [2.45, 2.75) is 6.54 Å². The number of pyridine rings is 1. The lowest BCUT2D eigenvalue weighted by atomic mass is 10.1. The number of hydrogen-bond acceptors (Lipinski definition) is 4. The van der Waals surface area contributed by atoms with Gasteiger partial charge in [0.05, 0.1) is 12.1 Å². The van der Waals surface area contributed by atoms with Crippen LogP contribution < -0.4 is 10.1 Å². The Kier molecular flexibility index (Phi) is 5.03. The summed E-state index contributed by atoms with van der Waals surface area (Å²) in [7, 11) is 1.64. The number of aromatic hydroxyl groups is 1. The van der Waals surface area contributed by atoms with E-state index in [4.69, 9.17) is 27.9 Å². The highest BCUT2D eigenvalue weighted by Crippen LogP contribution is 2.40. The number of methoxy groups -OCH3 is 1. The molecule has 28 heavy (non-hydrogen) atoms. The monoisotopic (exact) mass is 413 g/mol. The molecule has 0 bridgehead atoms. The molecule has 0 aliphatic rings. The van der Waals surface area contributed by atoms with Crippen LogP contribution in [0.2, 0.25) is 10.0 Å². The van der Waals surface area contributed by atoms with Crippen molar-refractivity contribution < 1.29 is 9.84 Å². The largest absolute Gasteiger partial charge is 0.506 e. The van der Waals surface area contributed by atoms with Crippen LogP contribution in [-0.4, -0.2) is 21.6 Å². The van der Waals surface area contributed by atoms with Crippen LogP contribution in [0.25, 0.3) is 16.9 Å². The maximum Gasteiger partial charge on any atom is 0.143 e. The topological polar surface area (TPSA) is 58.8 Å².